The third-order valence-electron chi connectivity index (χ3n) is 3.35. The highest BCUT2D eigenvalue weighted by atomic mass is 32.1. The molecule has 2 heterocycles. The zero-order valence-electron chi connectivity index (χ0n) is 10.2. The molecule has 1 atom stereocenters. The van der Waals surface area contributed by atoms with E-state index < -0.39 is 30.5 Å². The molecule has 1 unspecified atom stereocenters. The minimum atomic E-state index is -4.73. The molecule has 106 valence electrons. The molecule has 0 amide bonds. The van der Waals surface area contributed by atoms with Crippen molar-refractivity contribution < 1.29 is 23.1 Å². The van der Waals surface area contributed by atoms with Crippen molar-refractivity contribution in [2.45, 2.75) is 26.1 Å². The number of carbonyl (C=O) groups is 1. The fourth-order valence-electron chi connectivity index (χ4n) is 2.25. The first-order chi connectivity index (χ1) is 8.74. The number of carboxylic acids is 1. The molecule has 1 aromatic heterocycles. The molecule has 4 nitrogen and oxygen atoms in total. The van der Waals surface area contributed by atoms with E-state index in [1.807, 2.05) is 6.92 Å². The molecule has 1 aliphatic heterocycles. The van der Waals surface area contributed by atoms with Gasteiger partial charge in [-0.15, -0.1) is 11.3 Å². The van der Waals surface area contributed by atoms with Crippen LogP contribution in [0.2, 0.25) is 0 Å². The fourth-order valence-corrected chi connectivity index (χ4v) is 3.09. The molecule has 1 aliphatic rings. The molecule has 0 aromatic carbocycles. The van der Waals surface area contributed by atoms with Gasteiger partial charge >= 0.3 is 12.1 Å². The van der Waals surface area contributed by atoms with Crippen molar-refractivity contribution >= 4 is 17.3 Å². The summed E-state index contributed by atoms with van der Waals surface area (Å²) in [5, 5.41) is 9.77. The minimum absolute atomic E-state index is 0.128. The number of aryl methyl sites for hydroxylation is 1. The van der Waals surface area contributed by atoms with Crippen molar-refractivity contribution in [2.75, 3.05) is 13.1 Å². The van der Waals surface area contributed by atoms with Crippen LogP contribution in [0.4, 0.5) is 13.2 Å². The lowest BCUT2D eigenvalue weighted by Crippen LogP contribution is -2.47. The number of hydrogen-bond acceptors (Lipinski definition) is 4. The van der Waals surface area contributed by atoms with E-state index in [-0.39, 0.29) is 6.54 Å². The third kappa shape index (κ3) is 2.59. The number of halogens is 3. The monoisotopic (exact) mass is 294 g/mol. The number of nitrogens with zero attached hydrogens (tertiary/aromatic N) is 2. The van der Waals surface area contributed by atoms with E-state index in [4.69, 9.17) is 5.11 Å². The Morgan fingerprint density at radius 3 is 2.74 bits per heavy atom. The molecule has 2 rings (SSSR count). The van der Waals surface area contributed by atoms with Gasteiger partial charge in [0.1, 0.15) is 0 Å². The molecule has 0 aliphatic carbocycles. The molecule has 0 radical (unpaired) electrons. The van der Waals surface area contributed by atoms with Gasteiger partial charge in [0.25, 0.3) is 0 Å². The first kappa shape index (κ1) is 14.3. The molecule has 0 spiro atoms. The summed E-state index contributed by atoms with van der Waals surface area (Å²) in [7, 11) is 0. The molecule has 8 heteroatoms. The average molecular weight is 294 g/mol. The zero-order valence-corrected chi connectivity index (χ0v) is 11.0. The summed E-state index contributed by atoms with van der Waals surface area (Å²) in [5.41, 5.74) is -2.63. The number of alkyl halides is 3. The number of likely N-dealkylation sites (tertiary alicyclic amines) is 1. The van der Waals surface area contributed by atoms with E-state index in [0.717, 1.165) is 9.88 Å². The zero-order chi connectivity index (χ0) is 14.3. The molecule has 19 heavy (non-hydrogen) atoms. The Balaban J connectivity index is 2.11. The topological polar surface area (TPSA) is 53.4 Å². The second-order valence-electron chi connectivity index (χ2n) is 4.69. The summed E-state index contributed by atoms with van der Waals surface area (Å²) in [6.07, 6.45) is -3.50. The van der Waals surface area contributed by atoms with E-state index in [2.05, 4.69) is 4.98 Å². The molecular weight excluding hydrogens is 281 g/mol. The van der Waals surface area contributed by atoms with Gasteiger partial charge in [-0.2, -0.15) is 13.2 Å². The lowest BCUT2D eigenvalue weighted by Gasteiger charge is -2.27. The Morgan fingerprint density at radius 2 is 2.32 bits per heavy atom. The lowest BCUT2D eigenvalue weighted by molar-refractivity contribution is -0.227. The summed E-state index contributed by atoms with van der Waals surface area (Å²) in [6.45, 7) is 1.76. The molecule has 1 saturated heterocycles. The van der Waals surface area contributed by atoms with Crippen molar-refractivity contribution in [3.8, 4) is 0 Å². The maximum Gasteiger partial charge on any atom is 0.406 e. The van der Waals surface area contributed by atoms with Crippen molar-refractivity contribution in [3.05, 3.63) is 16.1 Å². The second-order valence-corrected chi connectivity index (χ2v) is 6.01. The van der Waals surface area contributed by atoms with Crippen LogP contribution in [0.1, 0.15) is 16.3 Å². The van der Waals surface area contributed by atoms with E-state index in [9.17, 15) is 18.0 Å². The highest BCUT2D eigenvalue weighted by Gasteiger charge is 2.63. The standard InChI is InChI=1S/C11H13F3N2O2S/c1-7-15-4-8(19-7)5-16-3-2-10(6-16,9(17)18)11(12,13)14/h4H,2-3,5-6H2,1H3,(H,17,18). The van der Waals surface area contributed by atoms with Crippen molar-refractivity contribution in [1.82, 2.24) is 9.88 Å². The number of aliphatic carboxylic acids is 1. The number of aromatic nitrogens is 1. The van der Waals surface area contributed by atoms with Crippen LogP contribution in [0.15, 0.2) is 6.20 Å². The number of rotatable bonds is 3. The fraction of sp³-hybridized carbons (Fsp3) is 0.636. The number of carboxylic acid groups (broad SMARTS) is 1. The largest absolute Gasteiger partial charge is 0.481 e. The Morgan fingerprint density at radius 1 is 1.63 bits per heavy atom. The summed E-state index contributed by atoms with van der Waals surface area (Å²) < 4.78 is 38.9. The highest BCUT2D eigenvalue weighted by molar-refractivity contribution is 7.11. The lowest BCUT2D eigenvalue weighted by atomic mass is 9.86. The maximum atomic E-state index is 13.0. The quantitative estimate of drug-likeness (QED) is 0.929. The molecule has 1 aromatic rings. The van der Waals surface area contributed by atoms with Gasteiger partial charge < -0.3 is 5.11 Å². The van der Waals surface area contributed by atoms with Crippen LogP contribution in [0.5, 0.6) is 0 Å². The van der Waals surface area contributed by atoms with Crippen LogP contribution in [-0.4, -0.2) is 40.2 Å². The first-order valence-electron chi connectivity index (χ1n) is 5.68. The SMILES string of the molecule is Cc1ncc(CN2CCC(C(=O)O)(C(F)(F)F)C2)s1. The minimum Gasteiger partial charge on any atom is -0.481 e. The Labute approximate surface area is 111 Å². The predicted octanol–water partition coefficient (Wildman–Crippen LogP) is 2.29. The molecular formula is C11H13F3N2O2S. The van der Waals surface area contributed by atoms with Gasteiger partial charge in [0.2, 0.25) is 0 Å². The summed E-state index contributed by atoms with van der Waals surface area (Å²) in [6, 6.07) is 0. The van der Waals surface area contributed by atoms with Crippen LogP contribution in [0.3, 0.4) is 0 Å². The van der Waals surface area contributed by atoms with Crippen molar-refractivity contribution in [1.29, 1.82) is 0 Å². The Hall–Kier alpha value is -1.15. The van der Waals surface area contributed by atoms with E-state index in [0.29, 0.717) is 6.54 Å². The smallest absolute Gasteiger partial charge is 0.406 e. The third-order valence-corrected chi connectivity index (χ3v) is 4.25. The maximum absolute atomic E-state index is 13.0. The van der Waals surface area contributed by atoms with Gasteiger partial charge in [-0.3, -0.25) is 9.69 Å². The number of thiazole rings is 1. The van der Waals surface area contributed by atoms with E-state index in [1.165, 1.54) is 16.2 Å². The molecule has 0 bridgehead atoms. The van der Waals surface area contributed by atoms with Gasteiger partial charge in [-0.1, -0.05) is 0 Å². The summed E-state index contributed by atoms with van der Waals surface area (Å²) >= 11 is 1.41. The van der Waals surface area contributed by atoms with Crippen LogP contribution >= 0.6 is 11.3 Å². The first-order valence-corrected chi connectivity index (χ1v) is 6.50. The normalized spacial score (nSPS) is 24.8. The van der Waals surface area contributed by atoms with Gasteiger partial charge in [0, 0.05) is 30.7 Å². The average Bonchev–Trinajstić information content (AvgIpc) is 2.85. The van der Waals surface area contributed by atoms with Crippen LogP contribution in [-0.2, 0) is 11.3 Å². The van der Waals surface area contributed by atoms with Crippen LogP contribution in [0.25, 0.3) is 0 Å². The Bertz CT molecular complexity index is 489. The molecule has 0 saturated carbocycles. The summed E-state index contributed by atoms with van der Waals surface area (Å²) in [5.74, 6) is -1.79. The van der Waals surface area contributed by atoms with Gasteiger partial charge in [-0.05, 0) is 13.3 Å². The molecule has 1 fully saturated rings. The van der Waals surface area contributed by atoms with Crippen molar-refractivity contribution in [3.63, 3.8) is 0 Å². The number of hydrogen-bond donors (Lipinski definition) is 1. The highest BCUT2D eigenvalue weighted by Crippen LogP contribution is 2.46. The Kier molecular flexibility index (Phi) is 3.57. The van der Waals surface area contributed by atoms with Crippen LogP contribution < -0.4 is 0 Å². The van der Waals surface area contributed by atoms with Crippen LogP contribution in [0, 0.1) is 12.3 Å². The predicted molar refractivity (Wildman–Crippen MR) is 62.9 cm³/mol. The van der Waals surface area contributed by atoms with Crippen molar-refractivity contribution in [2.24, 2.45) is 5.41 Å². The second kappa shape index (κ2) is 4.75. The van der Waals surface area contributed by atoms with Gasteiger partial charge in [0.05, 0.1) is 5.01 Å². The van der Waals surface area contributed by atoms with Gasteiger partial charge in [0.15, 0.2) is 5.41 Å². The van der Waals surface area contributed by atoms with Gasteiger partial charge in [-0.25, -0.2) is 4.98 Å². The van der Waals surface area contributed by atoms with E-state index in [1.54, 1.807) is 6.20 Å². The summed E-state index contributed by atoms with van der Waals surface area (Å²) in [4.78, 5) is 17.4. The molecule has 1 N–H and O–H groups in total. The van der Waals surface area contributed by atoms with E-state index >= 15 is 0 Å².